The summed E-state index contributed by atoms with van der Waals surface area (Å²) in [5, 5.41) is 0. The number of rotatable bonds is 2. The molecule has 0 fully saturated rings. The molecule has 0 unspecified atom stereocenters. The normalized spacial score (nSPS) is 12.9. The molecule has 0 bridgehead atoms. The zero-order chi connectivity index (χ0) is 10.1. The van der Waals surface area contributed by atoms with Crippen molar-refractivity contribution in [1.82, 2.24) is 4.98 Å². The number of hydrogen-bond donors (Lipinski definition) is 2. The van der Waals surface area contributed by atoms with Crippen LogP contribution in [0.25, 0.3) is 0 Å². The Bertz CT molecular complexity index is 337. The van der Waals surface area contributed by atoms with Crippen LogP contribution in [-0.4, -0.2) is 14.8 Å². The molecule has 0 radical (unpaired) electrons. The maximum absolute atomic E-state index is 12.8. The summed E-state index contributed by atoms with van der Waals surface area (Å²) >= 11 is 0. The summed E-state index contributed by atoms with van der Waals surface area (Å²) < 4.78 is 36.0. The van der Waals surface area contributed by atoms with Crippen molar-refractivity contribution in [2.24, 2.45) is 0 Å². The van der Waals surface area contributed by atoms with E-state index in [-0.39, 0.29) is 0 Å². The number of aromatic nitrogens is 1. The Morgan fingerprint density at radius 1 is 1.38 bits per heavy atom. The lowest BCUT2D eigenvalue weighted by Gasteiger charge is -2.16. The fourth-order valence-corrected chi connectivity index (χ4v) is 1.12. The summed E-state index contributed by atoms with van der Waals surface area (Å²) in [7, 11) is -5.49. The SMILES string of the molecule is O=P(O)(O)C(F)(F)c1ccccn1. The van der Waals surface area contributed by atoms with Gasteiger partial charge < -0.3 is 9.79 Å². The highest BCUT2D eigenvalue weighted by Crippen LogP contribution is 2.58. The molecule has 2 N–H and O–H groups in total. The van der Waals surface area contributed by atoms with Crippen molar-refractivity contribution in [2.45, 2.75) is 5.66 Å². The van der Waals surface area contributed by atoms with E-state index in [0.29, 0.717) is 0 Å². The first kappa shape index (κ1) is 10.2. The van der Waals surface area contributed by atoms with Crippen molar-refractivity contribution in [3.63, 3.8) is 0 Å². The summed E-state index contributed by atoms with van der Waals surface area (Å²) in [6.45, 7) is 0. The van der Waals surface area contributed by atoms with E-state index in [1.165, 1.54) is 12.1 Å². The highest BCUT2D eigenvalue weighted by Gasteiger charge is 2.51. The Morgan fingerprint density at radius 3 is 2.38 bits per heavy atom. The average molecular weight is 209 g/mol. The second-order valence-corrected chi connectivity index (χ2v) is 3.95. The fraction of sp³-hybridized carbons (Fsp3) is 0.167. The quantitative estimate of drug-likeness (QED) is 0.720. The molecule has 1 aromatic heterocycles. The van der Waals surface area contributed by atoms with Gasteiger partial charge in [0.15, 0.2) is 0 Å². The largest absolute Gasteiger partial charge is 0.401 e. The van der Waals surface area contributed by atoms with E-state index in [1.807, 2.05) is 0 Å². The van der Waals surface area contributed by atoms with Crippen molar-refractivity contribution in [3.8, 4) is 0 Å². The Hall–Kier alpha value is -0.840. The molecule has 0 aromatic carbocycles. The van der Waals surface area contributed by atoms with Gasteiger partial charge in [-0.3, -0.25) is 9.55 Å². The smallest absolute Gasteiger partial charge is 0.320 e. The van der Waals surface area contributed by atoms with Crippen molar-refractivity contribution in [3.05, 3.63) is 30.1 Å². The van der Waals surface area contributed by atoms with Crippen LogP contribution in [0.1, 0.15) is 5.69 Å². The molecule has 0 atom stereocenters. The van der Waals surface area contributed by atoms with E-state index in [0.717, 1.165) is 12.3 Å². The zero-order valence-corrected chi connectivity index (χ0v) is 7.16. The van der Waals surface area contributed by atoms with Crippen molar-refractivity contribution in [2.75, 3.05) is 0 Å². The predicted octanol–water partition coefficient (Wildman–Crippen LogP) is 1.31. The van der Waals surface area contributed by atoms with Crippen LogP contribution in [0, 0.1) is 0 Å². The summed E-state index contributed by atoms with van der Waals surface area (Å²) in [6, 6.07) is 3.46. The van der Waals surface area contributed by atoms with Gasteiger partial charge in [0, 0.05) is 6.20 Å². The van der Waals surface area contributed by atoms with Crippen LogP contribution in [0.3, 0.4) is 0 Å². The van der Waals surface area contributed by atoms with E-state index in [2.05, 4.69) is 4.98 Å². The molecule has 0 aliphatic carbocycles. The first-order valence-corrected chi connectivity index (χ1v) is 4.82. The average Bonchev–Trinajstić information content (AvgIpc) is 2.04. The van der Waals surface area contributed by atoms with Gasteiger partial charge >= 0.3 is 13.3 Å². The van der Waals surface area contributed by atoms with Gasteiger partial charge in [0.2, 0.25) is 0 Å². The van der Waals surface area contributed by atoms with Crippen molar-refractivity contribution < 1.29 is 23.1 Å². The second kappa shape index (κ2) is 3.14. The van der Waals surface area contributed by atoms with E-state index in [9.17, 15) is 13.3 Å². The first-order valence-electron chi connectivity index (χ1n) is 3.20. The van der Waals surface area contributed by atoms with Gasteiger partial charge in [-0.1, -0.05) is 6.07 Å². The highest BCUT2D eigenvalue weighted by molar-refractivity contribution is 7.52. The molecule has 0 amide bonds. The lowest BCUT2D eigenvalue weighted by molar-refractivity contribution is 0.0521. The Morgan fingerprint density at radius 2 is 2.00 bits per heavy atom. The Balaban J connectivity index is 3.16. The van der Waals surface area contributed by atoms with Crippen LogP contribution in [0.2, 0.25) is 0 Å². The minimum Gasteiger partial charge on any atom is -0.320 e. The molecule has 0 aliphatic heterocycles. The third-order valence-corrected chi connectivity index (χ3v) is 2.30. The molecule has 1 aromatic rings. The van der Waals surface area contributed by atoms with E-state index in [1.54, 1.807) is 0 Å². The van der Waals surface area contributed by atoms with Crippen LogP contribution in [0.4, 0.5) is 8.78 Å². The van der Waals surface area contributed by atoms with Gasteiger partial charge in [-0.2, -0.15) is 8.78 Å². The maximum atomic E-state index is 12.8. The first-order chi connectivity index (χ1) is 5.86. The number of halogens is 2. The molecule has 1 rings (SSSR count). The van der Waals surface area contributed by atoms with Gasteiger partial charge in [-0.05, 0) is 12.1 Å². The monoisotopic (exact) mass is 209 g/mol. The topological polar surface area (TPSA) is 70.4 Å². The summed E-state index contributed by atoms with van der Waals surface area (Å²) in [4.78, 5) is 19.8. The molecule has 0 saturated heterocycles. The number of hydrogen-bond acceptors (Lipinski definition) is 2. The standard InChI is InChI=1S/C6H6F2NO3P/c7-6(8,13(10,11)12)5-3-1-2-4-9-5/h1-4H,(H2,10,11,12). The van der Waals surface area contributed by atoms with Crippen LogP contribution >= 0.6 is 7.60 Å². The fourth-order valence-electron chi connectivity index (χ4n) is 0.690. The lowest BCUT2D eigenvalue weighted by atomic mass is 10.4. The van der Waals surface area contributed by atoms with E-state index < -0.39 is 19.0 Å². The zero-order valence-electron chi connectivity index (χ0n) is 6.26. The maximum Gasteiger partial charge on any atom is 0.401 e. The van der Waals surface area contributed by atoms with E-state index in [4.69, 9.17) is 9.79 Å². The summed E-state index contributed by atoms with van der Waals surface area (Å²) in [6.07, 6.45) is 1.04. The van der Waals surface area contributed by atoms with Crippen LogP contribution in [0.5, 0.6) is 0 Å². The lowest BCUT2D eigenvalue weighted by Crippen LogP contribution is -2.15. The molecule has 7 heteroatoms. The van der Waals surface area contributed by atoms with Gasteiger partial charge in [-0.25, -0.2) is 0 Å². The molecule has 13 heavy (non-hydrogen) atoms. The van der Waals surface area contributed by atoms with Crippen molar-refractivity contribution >= 4 is 7.60 Å². The highest BCUT2D eigenvalue weighted by atomic mass is 31.2. The summed E-state index contributed by atoms with van der Waals surface area (Å²) in [5.41, 5.74) is -5.14. The molecular formula is C6H6F2NO3P. The number of nitrogens with zero attached hydrogens (tertiary/aromatic N) is 1. The minimum absolute atomic E-state index is 0.860. The molecular weight excluding hydrogens is 203 g/mol. The number of alkyl halides is 2. The number of pyridine rings is 1. The molecule has 0 saturated carbocycles. The van der Waals surface area contributed by atoms with Crippen LogP contribution < -0.4 is 0 Å². The minimum atomic E-state index is -5.49. The Kier molecular flexibility index (Phi) is 2.47. The predicted molar refractivity (Wildman–Crippen MR) is 40.2 cm³/mol. The molecule has 0 spiro atoms. The molecule has 0 aliphatic rings. The van der Waals surface area contributed by atoms with Crippen LogP contribution in [-0.2, 0) is 10.2 Å². The second-order valence-electron chi connectivity index (χ2n) is 2.30. The van der Waals surface area contributed by atoms with Gasteiger partial charge in [0.25, 0.3) is 0 Å². The third kappa shape index (κ3) is 1.91. The molecule has 72 valence electrons. The van der Waals surface area contributed by atoms with E-state index >= 15 is 0 Å². The van der Waals surface area contributed by atoms with Gasteiger partial charge in [0.05, 0.1) is 0 Å². The third-order valence-electron chi connectivity index (χ3n) is 1.34. The van der Waals surface area contributed by atoms with Gasteiger partial charge in [0.1, 0.15) is 5.69 Å². The molecule has 4 nitrogen and oxygen atoms in total. The van der Waals surface area contributed by atoms with Gasteiger partial charge in [-0.15, -0.1) is 0 Å². The van der Waals surface area contributed by atoms with Crippen molar-refractivity contribution in [1.29, 1.82) is 0 Å². The van der Waals surface area contributed by atoms with Crippen LogP contribution in [0.15, 0.2) is 24.4 Å². The summed E-state index contributed by atoms with van der Waals surface area (Å²) in [5.74, 6) is 0. The molecule has 1 heterocycles. The Labute approximate surface area is 72.4 Å².